The summed E-state index contributed by atoms with van der Waals surface area (Å²) in [4.78, 5) is 146. The number of aryl methyl sites for hydroxylation is 1. The predicted molar refractivity (Wildman–Crippen MR) is 335 cm³/mol. The molecule has 32 heteroatoms. The van der Waals surface area contributed by atoms with Crippen LogP contribution < -0.4 is 31.5 Å². The average molecular weight is 1320 g/mol. The Morgan fingerprint density at radius 3 is 2.21 bits per heavy atom. The van der Waals surface area contributed by atoms with Crippen molar-refractivity contribution in [3.63, 3.8) is 0 Å². The second kappa shape index (κ2) is 28.9. The monoisotopic (exact) mass is 1320 g/mol. The van der Waals surface area contributed by atoms with Crippen LogP contribution in [0.15, 0.2) is 64.0 Å². The maximum absolute atomic E-state index is 14.4. The number of urea groups is 1. The van der Waals surface area contributed by atoms with E-state index in [1.54, 1.807) is 80.7 Å². The van der Waals surface area contributed by atoms with Crippen molar-refractivity contribution in [1.82, 2.24) is 61.1 Å². The molecule has 0 unspecified atom stereocenters. The number of amides is 7. The minimum atomic E-state index is -1.30. The van der Waals surface area contributed by atoms with E-state index in [1.165, 1.54) is 62.4 Å². The SMILES string of the molecule is CNC(=O)C[C@@H]1NC(=O)c2csc(n2)-c2ccc(-c3nc(N(CCCCC(=O)OC)C(=O)N4CCC(C(=O)OC)CC4)cs3)nc2-c2csc(n2)-c2csc(n2)[C@H]([C@@H](O)c2ccccc2)NC(=O)CNC(=O)c2nc(sc2COC)NC(=O)c2nc1sc2C. The number of carbonyl (C=O) groups excluding carboxylic acids is 8. The van der Waals surface area contributed by atoms with Crippen molar-refractivity contribution in [2.24, 2.45) is 5.92 Å². The Bertz CT molecular complexity index is 3930. The van der Waals surface area contributed by atoms with Gasteiger partial charge in [0.05, 0.1) is 56.3 Å². The van der Waals surface area contributed by atoms with Crippen molar-refractivity contribution in [3.8, 4) is 43.4 Å². The van der Waals surface area contributed by atoms with Crippen LogP contribution in [0.1, 0.15) is 114 Å². The van der Waals surface area contributed by atoms with Gasteiger partial charge in [-0.2, -0.15) is 0 Å². The summed E-state index contributed by atoms with van der Waals surface area (Å²) in [5, 5.41) is 34.2. The number of methoxy groups -OCH3 is 3. The molecular formula is C57H58N14O12S6. The summed E-state index contributed by atoms with van der Waals surface area (Å²) in [6.45, 7) is 1.92. The van der Waals surface area contributed by atoms with Crippen LogP contribution in [0.5, 0.6) is 0 Å². The number of aromatic nitrogens is 7. The summed E-state index contributed by atoms with van der Waals surface area (Å²) >= 11 is 6.91. The summed E-state index contributed by atoms with van der Waals surface area (Å²) in [5.74, 6) is -3.83. The number of fused-ring (bicyclic) bond motifs is 14. The lowest BCUT2D eigenvalue weighted by atomic mass is 9.97. The first-order valence-electron chi connectivity index (χ1n) is 27.7. The number of anilines is 2. The normalized spacial score (nSPS) is 16.1. The Labute approximate surface area is 532 Å². The molecule has 1 fully saturated rings. The Hall–Kier alpha value is -8.37. The van der Waals surface area contributed by atoms with Crippen LogP contribution in [0.3, 0.4) is 0 Å². The highest BCUT2D eigenvalue weighted by atomic mass is 32.1. The molecule has 0 spiro atoms. The lowest BCUT2D eigenvalue weighted by molar-refractivity contribution is -0.147. The van der Waals surface area contributed by atoms with E-state index in [0.717, 1.165) is 34.0 Å². The number of ether oxygens (including phenoxy) is 3. The minimum Gasteiger partial charge on any atom is -0.469 e. The smallest absolute Gasteiger partial charge is 0.325 e. The summed E-state index contributed by atoms with van der Waals surface area (Å²) in [5.41, 5.74) is 2.38. The molecule has 89 heavy (non-hydrogen) atoms. The fourth-order valence-corrected chi connectivity index (χ4v) is 14.8. The number of carbonyl (C=O) groups is 8. The molecule has 0 radical (unpaired) electrons. The highest BCUT2D eigenvalue weighted by molar-refractivity contribution is 7.16. The van der Waals surface area contributed by atoms with Gasteiger partial charge in [-0.15, -0.1) is 56.7 Å². The molecule has 26 nitrogen and oxygen atoms in total. The zero-order chi connectivity index (χ0) is 62.9. The molecule has 464 valence electrons. The van der Waals surface area contributed by atoms with Crippen LogP contribution in [-0.4, -0.2) is 147 Å². The van der Waals surface area contributed by atoms with Crippen LogP contribution in [0.25, 0.3) is 43.4 Å². The summed E-state index contributed by atoms with van der Waals surface area (Å²) in [7, 11) is 5.54. The number of piperidine rings is 1. The minimum absolute atomic E-state index is 0.000507. The maximum Gasteiger partial charge on any atom is 0.325 e. The van der Waals surface area contributed by atoms with Gasteiger partial charge in [0.15, 0.2) is 5.13 Å². The van der Waals surface area contributed by atoms with Crippen molar-refractivity contribution in [3.05, 3.63) is 106 Å². The third kappa shape index (κ3) is 14.9. The highest BCUT2D eigenvalue weighted by Gasteiger charge is 2.34. The molecule has 6 N–H and O–H groups in total. The number of nitrogens with zero attached hydrogens (tertiary/aromatic N) is 9. The molecule has 8 aromatic rings. The van der Waals surface area contributed by atoms with Crippen LogP contribution >= 0.6 is 68.0 Å². The van der Waals surface area contributed by atoms with Gasteiger partial charge in [-0.3, -0.25) is 43.8 Å². The Morgan fingerprint density at radius 2 is 1.46 bits per heavy atom. The number of aliphatic hydroxyl groups excluding tert-OH is 1. The molecule has 10 bridgehead atoms. The van der Waals surface area contributed by atoms with Crippen LogP contribution in [0.2, 0.25) is 0 Å². The number of pyridine rings is 1. The quantitative estimate of drug-likeness (QED) is 0.0451. The number of aliphatic hydroxyl groups is 1. The van der Waals surface area contributed by atoms with Gasteiger partial charge in [0.2, 0.25) is 11.8 Å². The first-order chi connectivity index (χ1) is 43.0. The number of benzene rings is 1. The molecule has 2 aliphatic heterocycles. The largest absolute Gasteiger partial charge is 0.469 e. The number of esters is 2. The molecule has 1 saturated heterocycles. The zero-order valence-electron chi connectivity index (χ0n) is 48.4. The van der Waals surface area contributed by atoms with E-state index in [0.29, 0.717) is 108 Å². The van der Waals surface area contributed by atoms with Gasteiger partial charge >= 0.3 is 18.0 Å². The van der Waals surface area contributed by atoms with Gasteiger partial charge in [-0.05, 0) is 50.3 Å². The van der Waals surface area contributed by atoms with E-state index in [4.69, 9.17) is 39.1 Å². The van der Waals surface area contributed by atoms with Gasteiger partial charge in [-0.1, -0.05) is 41.7 Å². The molecule has 9 heterocycles. The third-order valence-electron chi connectivity index (χ3n) is 14.3. The first-order valence-corrected chi connectivity index (χ1v) is 32.8. The van der Waals surface area contributed by atoms with E-state index < -0.39 is 54.3 Å². The topological polar surface area (TPSA) is 341 Å². The molecule has 10 rings (SSSR count). The number of hydrogen-bond acceptors (Lipinski definition) is 25. The lowest BCUT2D eigenvalue weighted by Gasteiger charge is -2.34. The van der Waals surface area contributed by atoms with Crippen molar-refractivity contribution >= 4 is 126 Å². The van der Waals surface area contributed by atoms with Crippen molar-refractivity contribution < 1.29 is 57.7 Å². The zero-order valence-corrected chi connectivity index (χ0v) is 53.2. The predicted octanol–water partition coefficient (Wildman–Crippen LogP) is 7.59. The number of hydrogen-bond donors (Lipinski definition) is 6. The second-order valence-corrected chi connectivity index (χ2v) is 25.9. The second-order valence-electron chi connectivity index (χ2n) is 20.1. The number of likely N-dealkylation sites (tertiary alicyclic amines) is 1. The number of thiazole rings is 6. The number of unbranched alkanes of at least 4 members (excludes halogenated alkanes) is 1. The number of nitrogens with one attached hydrogen (secondary N) is 5. The van der Waals surface area contributed by atoms with Crippen LogP contribution in [0.4, 0.5) is 15.7 Å². The van der Waals surface area contributed by atoms with E-state index in [-0.39, 0.29) is 77.1 Å². The lowest BCUT2D eigenvalue weighted by Crippen LogP contribution is -2.48. The van der Waals surface area contributed by atoms with Gasteiger partial charge in [0.1, 0.15) is 77.2 Å². The molecule has 7 aromatic heterocycles. The molecule has 3 atom stereocenters. The summed E-state index contributed by atoms with van der Waals surface area (Å²) in [6, 6.07) is 9.79. The fourth-order valence-electron chi connectivity index (χ4n) is 9.63. The van der Waals surface area contributed by atoms with E-state index in [9.17, 15) is 43.5 Å². The molecule has 1 aromatic carbocycles. The standard InChI is InChI=1S/C57H58N14O12S6/c1-28-42-49(78)69-56-68-44(37(89-56)23-81-3)48(77)59-22-40(73)66-45(46(75)29-11-7-6-8-12-29)54-64-36(26-86-54)52-62-34(24-85-52)43-31(50-63-35(25-84-50)47(76)61-33(21-39(72)58-2)53(67-42)88-28)14-15-32(60-43)51-65-38(27-87-51)71(18-10-9-13-41(74)82-4)57(80)70-19-16-30(17-20-70)55(79)83-5/h6-8,11-12,14-15,24-27,30,33,45-46,75H,9-10,13,16-23H2,1-5H3,(H,58,72)(H,59,77)(H,61,76)(H,66,73)(H,68,69,78)/t33-,45-,46-/m0/s1. The summed E-state index contributed by atoms with van der Waals surface area (Å²) < 4.78 is 15.2. The van der Waals surface area contributed by atoms with E-state index in [2.05, 4.69) is 36.6 Å². The molecule has 0 aliphatic carbocycles. The Kier molecular flexibility index (Phi) is 20.6. The molecule has 0 saturated carbocycles. The maximum atomic E-state index is 14.4. The van der Waals surface area contributed by atoms with E-state index in [1.807, 2.05) is 0 Å². The van der Waals surface area contributed by atoms with Crippen LogP contribution in [-0.2, 0) is 40.0 Å². The number of rotatable bonds is 14. The first kappa shape index (κ1) is 63.6. The third-order valence-corrected chi connectivity index (χ3v) is 19.8. The van der Waals surface area contributed by atoms with Gasteiger partial charge in [0, 0.05) is 72.2 Å². The highest BCUT2D eigenvalue weighted by Crippen LogP contribution is 2.40. The molecular weight excluding hydrogens is 1270 g/mol. The van der Waals surface area contributed by atoms with Crippen LogP contribution in [0, 0.1) is 12.8 Å². The van der Waals surface area contributed by atoms with Gasteiger partial charge < -0.3 is 45.5 Å². The Morgan fingerprint density at radius 1 is 0.730 bits per heavy atom. The van der Waals surface area contributed by atoms with Crippen molar-refractivity contribution in [2.75, 3.05) is 64.8 Å². The summed E-state index contributed by atoms with van der Waals surface area (Å²) in [6.07, 6.45) is 0.383. The molecule has 2 aliphatic rings. The van der Waals surface area contributed by atoms with Crippen molar-refractivity contribution in [1.29, 1.82) is 0 Å². The Balaban J connectivity index is 1.03. The molecule has 7 amide bonds. The van der Waals surface area contributed by atoms with Crippen molar-refractivity contribution in [2.45, 2.75) is 70.2 Å². The van der Waals surface area contributed by atoms with Gasteiger partial charge in [0.25, 0.3) is 17.7 Å². The van der Waals surface area contributed by atoms with E-state index >= 15 is 0 Å². The van der Waals surface area contributed by atoms with Gasteiger partial charge in [-0.25, -0.2) is 39.7 Å². The fraction of sp³-hybridized carbons (Fsp3) is 0.351. The average Bonchev–Trinajstić information content (AvgIpc) is 1.89.